The number of hydrogen-bond acceptors (Lipinski definition) is 14. The van der Waals surface area contributed by atoms with Gasteiger partial charge in [-0.2, -0.15) is 0 Å². The number of carbonyl (C=O) groups excluding carboxylic acids is 8. The first kappa shape index (κ1) is 61.1. The second-order valence-corrected chi connectivity index (χ2v) is 21.7. The summed E-state index contributed by atoms with van der Waals surface area (Å²) in [5.41, 5.74) is 14.3. The molecule has 9 amide bonds. The number of carbonyl (C=O) groups is 9. The molecule has 9 atom stereocenters. The van der Waals surface area contributed by atoms with Gasteiger partial charge < -0.3 is 74.3 Å². The molecule has 0 radical (unpaired) electrons. The van der Waals surface area contributed by atoms with E-state index in [9.17, 15) is 58.5 Å². The van der Waals surface area contributed by atoms with Crippen LogP contribution in [0.2, 0.25) is 0 Å². The predicted octanol–water partition coefficient (Wildman–Crippen LogP) is 0.564. The summed E-state index contributed by atoms with van der Waals surface area (Å²) in [5, 5.41) is 52.9. The standard InChI is InChI=1S/C55H67N11O12S2/c1-31(67)46-53(75)63-42(26-34-19-21-36(68)22-20-34)50(72)64-45(54(76)77)30-80-79-29-44(65-55(57)78)52(74)61-41(25-33-14-6-3-7-15-33)48(70)60-40(24-32-12-4-2-5-13-32)49(71)62-43(27-35-28-58-38-17-9-8-16-37(35)38)51(73)59-39(47(69)66-46)18-10-11-23-56/h2-9,12-17,19-22,28,31,39-46,58,67-68H,10-11,18,23-27,29-30,56H2,1H3,(H,59,73)(H,60,70)(H,61,74)(H,62,71)(H,63,75)(H,64,72)(H,66,69)(H,76,77)(H3,57,65,78)/t31-,39+,40+,41+,42+,43-,44+,45+,46+/m1/s1. The van der Waals surface area contributed by atoms with Gasteiger partial charge in [0.15, 0.2) is 0 Å². The van der Waals surface area contributed by atoms with Gasteiger partial charge >= 0.3 is 12.0 Å². The van der Waals surface area contributed by atoms with Gasteiger partial charge in [-0.05, 0) is 73.2 Å². The molecule has 0 saturated carbocycles. The van der Waals surface area contributed by atoms with Crippen LogP contribution in [0, 0.1) is 0 Å². The Morgan fingerprint density at radius 1 is 0.588 bits per heavy atom. The smallest absolute Gasteiger partial charge is 0.327 e. The summed E-state index contributed by atoms with van der Waals surface area (Å²) in [6, 6.07) is 17.1. The lowest BCUT2D eigenvalue weighted by Gasteiger charge is -2.29. The third-order valence-electron chi connectivity index (χ3n) is 13.0. The van der Waals surface area contributed by atoms with E-state index in [2.05, 4.69) is 47.5 Å². The van der Waals surface area contributed by atoms with Crippen molar-refractivity contribution in [2.45, 2.75) is 106 Å². The van der Waals surface area contributed by atoms with Gasteiger partial charge in [0.25, 0.3) is 0 Å². The average molecular weight is 1140 g/mol. The SMILES string of the molecule is C[C@@H](O)[C@@H]1NC(=O)[C@H](CCCCN)NC(=O)[C@@H](Cc2c[nH]c3ccccc23)NC(=O)[C@H](Cc2ccccc2)NC(=O)[C@H](Cc2ccccc2)NC(=O)[C@@H](NC(N)=O)CSSC[C@@H](C(=O)O)NC(=O)[C@H](Cc2ccc(O)cc2)NC1=O. The van der Waals surface area contributed by atoms with E-state index >= 15 is 0 Å². The Labute approximate surface area is 469 Å². The fraction of sp³-hybridized carbons (Fsp3) is 0.364. The first-order valence-corrected chi connectivity index (χ1v) is 28.3. The number of aliphatic carboxylic acids is 1. The minimum Gasteiger partial charge on any atom is -0.508 e. The van der Waals surface area contributed by atoms with Crippen molar-refractivity contribution in [3.8, 4) is 5.75 Å². The second kappa shape index (κ2) is 30.3. The van der Waals surface area contributed by atoms with Gasteiger partial charge in [-0.15, -0.1) is 0 Å². The molecule has 0 aliphatic carbocycles. The molecule has 16 N–H and O–H groups in total. The molecule has 1 aliphatic heterocycles. The molecule has 1 aromatic heterocycles. The van der Waals surface area contributed by atoms with Crippen molar-refractivity contribution in [1.82, 2.24) is 47.5 Å². The number of hydrogen-bond donors (Lipinski definition) is 14. The van der Waals surface area contributed by atoms with Crippen molar-refractivity contribution in [3.63, 3.8) is 0 Å². The number of nitrogens with one attached hydrogen (secondary N) is 9. The first-order chi connectivity index (χ1) is 38.4. The number of H-pyrrole nitrogens is 1. The van der Waals surface area contributed by atoms with Crippen LogP contribution in [0.15, 0.2) is 115 Å². The highest BCUT2D eigenvalue weighted by Crippen LogP contribution is 2.24. The monoisotopic (exact) mass is 1140 g/mol. The Hall–Kier alpha value is -8.13. The maximum atomic E-state index is 14.9. The van der Waals surface area contributed by atoms with Crippen LogP contribution in [-0.2, 0) is 64.0 Å². The number of aliphatic hydroxyl groups excluding tert-OH is 1. The molecule has 80 heavy (non-hydrogen) atoms. The summed E-state index contributed by atoms with van der Waals surface area (Å²) in [6.07, 6.45) is 0.106. The number of urea groups is 1. The zero-order valence-corrected chi connectivity index (χ0v) is 45.4. The van der Waals surface area contributed by atoms with Gasteiger partial charge in [-0.25, -0.2) is 9.59 Å². The molecular formula is C55H67N11O12S2. The van der Waals surface area contributed by atoms with Crippen molar-refractivity contribution in [1.29, 1.82) is 0 Å². The lowest BCUT2D eigenvalue weighted by molar-refractivity contribution is -0.141. The fourth-order valence-corrected chi connectivity index (χ4v) is 11.0. The van der Waals surface area contributed by atoms with E-state index in [-0.39, 0.29) is 55.9 Å². The minimum absolute atomic E-state index is 0.0353. The van der Waals surface area contributed by atoms with Crippen molar-refractivity contribution in [2.24, 2.45) is 11.5 Å². The molecule has 426 valence electrons. The molecule has 23 nitrogen and oxygen atoms in total. The summed E-state index contributed by atoms with van der Waals surface area (Å²) in [7, 11) is 1.84. The predicted molar refractivity (Wildman–Crippen MR) is 301 cm³/mol. The Morgan fingerprint density at radius 2 is 1.06 bits per heavy atom. The number of phenols is 1. The van der Waals surface area contributed by atoms with E-state index in [1.807, 2.05) is 18.2 Å². The van der Waals surface area contributed by atoms with Gasteiger partial charge in [0.1, 0.15) is 54.1 Å². The third kappa shape index (κ3) is 18.5. The molecule has 25 heteroatoms. The fourth-order valence-electron chi connectivity index (χ4n) is 8.73. The Bertz CT molecular complexity index is 2930. The molecule has 5 aromatic rings. The number of benzene rings is 4. The van der Waals surface area contributed by atoms with Crippen LogP contribution in [0.25, 0.3) is 10.9 Å². The minimum atomic E-state index is -1.76. The number of unbranched alkanes of at least 4 members (excludes halogenated alkanes) is 1. The topological polar surface area (TPSA) is 378 Å². The number of para-hydroxylation sites is 1. The highest BCUT2D eigenvalue weighted by atomic mass is 33.1. The molecule has 1 fully saturated rings. The molecule has 0 spiro atoms. The van der Waals surface area contributed by atoms with Crippen LogP contribution in [0.4, 0.5) is 4.79 Å². The number of aromatic hydroxyl groups is 1. The molecule has 6 rings (SSSR count). The zero-order valence-electron chi connectivity index (χ0n) is 43.7. The lowest BCUT2D eigenvalue weighted by atomic mass is 10.00. The van der Waals surface area contributed by atoms with Crippen LogP contribution in [0.3, 0.4) is 0 Å². The van der Waals surface area contributed by atoms with Crippen molar-refractivity contribution >= 4 is 85.8 Å². The van der Waals surface area contributed by atoms with E-state index < -0.39 is 108 Å². The van der Waals surface area contributed by atoms with Gasteiger partial charge in [0.2, 0.25) is 41.4 Å². The summed E-state index contributed by atoms with van der Waals surface area (Å²) < 4.78 is 0. The quantitative estimate of drug-likeness (QED) is 0.0503. The summed E-state index contributed by atoms with van der Waals surface area (Å²) in [5.74, 6) is -8.49. The Morgan fingerprint density at radius 3 is 1.61 bits per heavy atom. The maximum Gasteiger partial charge on any atom is 0.327 e. The maximum absolute atomic E-state index is 14.9. The van der Waals surface area contributed by atoms with Crippen LogP contribution >= 0.6 is 21.6 Å². The largest absolute Gasteiger partial charge is 0.508 e. The number of carboxylic acid groups (broad SMARTS) is 1. The highest BCUT2D eigenvalue weighted by molar-refractivity contribution is 8.76. The van der Waals surface area contributed by atoms with Gasteiger partial charge in [0, 0.05) is 54.3 Å². The molecular weight excluding hydrogens is 1070 g/mol. The van der Waals surface area contributed by atoms with E-state index in [1.165, 1.54) is 31.2 Å². The Balaban J connectivity index is 1.42. The molecule has 1 saturated heterocycles. The summed E-state index contributed by atoms with van der Waals surface area (Å²) >= 11 is 0. The van der Waals surface area contributed by atoms with Gasteiger partial charge in [0.05, 0.1) is 6.10 Å². The van der Waals surface area contributed by atoms with Crippen molar-refractivity contribution in [3.05, 3.63) is 138 Å². The number of fused-ring (bicyclic) bond motifs is 1. The first-order valence-electron chi connectivity index (χ1n) is 25.8. The lowest BCUT2D eigenvalue weighted by Crippen LogP contribution is -2.62. The van der Waals surface area contributed by atoms with E-state index in [0.717, 1.165) is 32.5 Å². The second-order valence-electron chi connectivity index (χ2n) is 19.2. The number of amides is 9. The van der Waals surface area contributed by atoms with Gasteiger partial charge in [-0.1, -0.05) is 113 Å². The number of rotatable bonds is 15. The number of aromatic amines is 1. The molecule has 1 aliphatic rings. The molecule has 4 aromatic carbocycles. The summed E-state index contributed by atoms with van der Waals surface area (Å²) in [6.45, 7) is 1.44. The van der Waals surface area contributed by atoms with Crippen molar-refractivity contribution < 1.29 is 58.5 Å². The van der Waals surface area contributed by atoms with E-state index in [0.29, 0.717) is 35.1 Å². The number of aromatic nitrogens is 1. The molecule has 0 bridgehead atoms. The van der Waals surface area contributed by atoms with Gasteiger partial charge in [-0.3, -0.25) is 33.6 Å². The average Bonchev–Trinajstić information content (AvgIpc) is 3.86. The number of nitrogens with two attached hydrogens (primary N) is 2. The molecule has 2 heterocycles. The van der Waals surface area contributed by atoms with Crippen LogP contribution in [-0.4, -0.2) is 146 Å². The van der Waals surface area contributed by atoms with E-state index in [4.69, 9.17) is 11.5 Å². The van der Waals surface area contributed by atoms with E-state index in [1.54, 1.807) is 72.9 Å². The number of carboxylic acids is 1. The highest BCUT2D eigenvalue weighted by Gasteiger charge is 2.37. The number of primary amides is 1. The summed E-state index contributed by atoms with van der Waals surface area (Å²) in [4.78, 5) is 130. The van der Waals surface area contributed by atoms with Crippen LogP contribution in [0.5, 0.6) is 5.75 Å². The van der Waals surface area contributed by atoms with Crippen LogP contribution in [0.1, 0.15) is 48.4 Å². The zero-order chi connectivity index (χ0) is 57.7. The number of aliphatic hydroxyl groups is 1. The third-order valence-corrected chi connectivity index (χ3v) is 15.4. The number of phenolic OH excluding ortho intramolecular Hbond substituents is 1. The molecule has 0 unspecified atom stereocenters. The normalized spacial score (nSPS) is 23.0. The Kier molecular flexibility index (Phi) is 23.1. The van der Waals surface area contributed by atoms with Crippen molar-refractivity contribution in [2.75, 3.05) is 18.1 Å². The van der Waals surface area contributed by atoms with Crippen LogP contribution < -0.4 is 54.0 Å².